The molecule has 5 rings (SSSR count). The Morgan fingerprint density at radius 3 is 2.33 bits per heavy atom. The van der Waals surface area contributed by atoms with E-state index in [4.69, 9.17) is 25.8 Å². The fourth-order valence-corrected chi connectivity index (χ4v) is 5.40. The molecule has 0 fully saturated rings. The van der Waals surface area contributed by atoms with Crippen molar-refractivity contribution in [3.05, 3.63) is 124 Å². The van der Waals surface area contributed by atoms with E-state index in [0.717, 1.165) is 23.3 Å². The van der Waals surface area contributed by atoms with Crippen molar-refractivity contribution in [2.45, 2.75) is 43.4 Å². The molecule has 0 unspecified atom stereocenters. The van der Waals surface area contributed by atoms with Crippen LogP contribution in [-0.4, -0.2) is 46.7 Å². The van der Waals surface area contributed by atoms with Gasteiger partial charge < -0.3 is 19.3 Å². The number of carbonyl (C=O) groups excluding carboxylic acids is 1. The Hall–Kier alpha value is -4.30. The standard InChI is InChI=1S/C29H26ClFN4O7S/c30-21-11-12-25(23(31)13-21)43(38,39)32-14-22-15-35(34-33-22)16-24(36)26-27(40-17-19-7-3-1-4-8-19)28(29(37)42-26)41-18-20-9-5-2-6-10-20/h1-13,15,24,26,32,36H,14,16-18H2/t24-,26+/m0/s1. The van der Waals surface area contributed by atoms with Crippen LogP contribution >= 0.6 is 11.6 Å². The number of ether oxygens (including phenoxy) is 3. The number of nitrogens with zero attached hydrogens (tertiary/aromatic N) is 3. The van der Waals surface area contributed by atoms with Gasteiger partial charge in [0.05, 0.1) is 18.8 Å². The second kappa shape index (κ2) is 13.3. The van der Waals surface area contributed by atoms with Gasteiger partial charge in [0.25, 0.3) is 0 Å². The molecule has 0 bridgehead atoms. The number of benzene rings is 3. The van der Waals surface area contributed by atoms with Crippen molar-refractivity contribution in [2.24, 2.45) is 0 Å². The van der Waals surface area contributed by atoms with Gasteiger partial charge in [0.2, 0.25) is 15.8 Å². The lowest BCUT2D eigenvalue weighted by molar-refractivity contribution is -0.148. The molecular formula is C29H26ClFN4O7S. The number of sulfonamides is 1. The van der Waals surface area contributed by atoms with Gasteiger partial charge in [0, 0.05) is 11.2 Å². The van der Waals surface area contributed by atoms with Gasteiger partial charge in [0.15, 0.2) is 11.9 Å². The number of rotatable bonds is 13. The summed E-state index contributed by atoms with van der Waals surface area (Å²) < 4.78 is 59.9. The van der Waals surface area contributed by atoms with E-state index in [-0.39, 0.29) is 48.5 Å². The number of halogens is 2. The number of aromatic nitrogens is 3. The van der Waals surface area contributed by atoms with E-state index in [1.807, 2.05) is 60.7 Å². The summed E-state index contributed by atoms with van der Waals surface area (Å²) in [5, 5.41) is 18.9. The molecule has 0 amide bonds. The molecule has 1 aromatic heterocycles. The van der Waals surface area contributed by atoms with Gasteiger partial charge in [-0.25, -0.2) is 27.0 Å². The number of aliphatic hydroxyl groups excluding tert-OH is 1. The summed E-state index contributed by atoms with van der Waals surface area (Å²) >= 11 is 5.70. The van der Waals surface area contributed by atoms with Crippen molar-refractivity contribution in [3.63, 3.8) is 0 Å². The molecule has 0 aliphatic carbocycles. The number of esters is 1. The van der Waals surface area contributed by atoms with E-state index >= 15 is 0 Å². The Morgan fingerprint density at radius 2 is 1.67 bits per heavy atom. The molecule has 0 spiro atoms. The van der Waals surface area contributed by atoms with Crippen molar-refractivity contribution in [2.75, 3.05) is 0 Å². The fraction of sp³-hybridized carbons (Fsp3) is 0.207. The first-order valence-electron chi connectivity index (χ1n) is 13.0. The molecule has 14 heteroatoms. The summed E-state index contributed by atoms with van der Waals surface area (Å²) in [4.78, 5) is 12.2. The summed E-state index contributed by atoms with van der Waals surface area (Å²) in [5.41, 5.74) is 1.84. The molecule has 0 saturated heterocycles. The van der Waals surface area contributed by atoms with Crippen LogP contribution in [0.3, 0.4) is 0 Å². The van der Waals surface area contributed by atoms with Crippen LogP contribution in [-0.2, 0) is 55.3 Å². The van der Waals surface area contributed by atoms with E-state index in [1.54, 1.807) is 0 Å². The van der Waals surface area contributed by atoms with Crippen LogP contribution < -0.4 is 4.72 Å². The highest BCUT2D eigenvalue weighted by molar-refractivity contribution is 7.89. The van der Waals surface area contributed by atoms with Crippen LogP contribution in [0.1, 0.15) is 16.8 Å². The van der Waals surface area contributed by atoms with Gasteiger partial charge in [-0.3, -0.25) is 0 Å². The second-order valence-corrected chi connectivity index (χ2v) is 11.6. The largest absolute Gasteiger partial charge is 0.485 e. The molecule has 1 aliphatic rings. The van der Waals surface area contributed by atoms with Crippen molar-refractivity contribution >= 4 is 27.6 Å². The first-order valence-corrected chi connectivity index (χ1v) is 14.9. The Morgan fingerprint density at radius 1 is 1.02 bits per heavy atom. The molecule has 0 radical (unpaired) electrons. The van der Waals surface area contributed by atoms with Crippen LogP contribution in [0.2, 0.25) is 5.02 Å². The van der Waals surface area contributed by atoms with E-state index < -0.39 is 38.9 Å². The van der Waals surface area contributed by atoms with E-state index in [2.05, 4.69) is 15.0 Å². The molecule has 2 N–H and O–H groups in total. The Balaban J connectivity index is 1.27. The summed E-state index contributed by atoms with van der Waals surface area (Å²) in [6, 6.07) is 21.7. The van der Waals surface area contributed by atoms with Gasteiger partial charge >= 0.3 is 5.97 Å². The first kappa shape index (κ1) is 30.2. The van der Waals surface area contributed by atoms with Gasteiger partial charge in [-0.15, -0.1) is 5.10 Å². The fourth-order valence-electron chi connectivity index (χ4n) is 4.18. The first-order chi connectivity index (χ1) is 20.7. The highest BCUT2D eigenvalue weighted by Gasteiger charge is 2.42. The Kier molecular flexibility index (Phi) is 9.36. The number of nitrogens with one attached hydrogen (secondary N) is 1. The lowest BCUT2D eigenvalue weighted by Crippen LogP contribution is -2.33. The number of hydrogen-bond acceptors (Lipinski definition) is 9. The highest BCUT2D eigenvalue weighted by Crippen LogP contribution is 2.29. The molecule has 11 nitrogen and oxygen atoms in total. The van der Waals surface area contributed by atoms with Crippen LogP contribution in [0.4, 0.5) is 4.39 Å². The van der Waals surface area contributed by atoms with Crippen molar-refractivity contribution in [1.29, 1.82) is 0 Å². The average Bonchev–Trinajstić information content (AvgIpc) is 3.58. The molecule has 3 aromatic carbocycles. The quantitative estimate of drug-likeness (QED) is 0.213. The summed E-state index contributed by atoms with van der Waals surface area (Å²) in [6.45, 7) is -0.319. The molecule has 4 aromatic rings. The molecule has 2 atom stereocenters. The van der Waals surface area contributed by atoms with E-state index in [9.17, 15) is 22.7 Å². The summed E-state index contributed by atoms with van der Waals surface area (Å²) in [7, 11) is -4.21. The number of cyclic esters (lactones) is 1. The minimum Gasteiger partial charge on any atom is -0.485 e. The summed E-state index contributed by atoms with van der Waals surface area (Å²) in [6.07, 6.45) is -1.15. The number of hydrogen-bond donors (Lipinski definition) is 2. The van der Waals surface area contributed by atoms with E-state index in [0.29, 0.717) is 0 Å². The maximum Gasteiger partial charge on any atom is 0.378 e. The van der Waals surface area contributed by atoms with Crippen LogP contribution in [0, 0.1) is 5.82 Å². The molecule has 43 heavy (non-hydrogen) atoms. The van der Waals surface area contributed by atoms with Gasteiger partial charge in [-0.1, -0.05) is 77.5 Å². The predicted octanol–water partition coefficient (Wildman–Crippen LogP) is 3.48. The third kappa shape index (κ3) is 7.56. The molecular weight excluding hydrogens is 603 g/mol. The van der Waals surface area contributed by atoms with E-state index in [1.165, 1.54) is 16.9 Å². The SMILES string of the molecule is O=C1O[C@H]([C@@H](O)Cn2cc(CNS(=O)(=O)c3ccc(Cl)cc3F)nn2)C(OCc2ccccc2)=C1OCc1ccccc1. The van der Waals surface area contributed by atoms with Crippen LogP contribution in [0.5, 0.6) is 0 Å². The van der Waals surface area contributed by atoms with Crippen molar-refractivity contribution < 1.29 is 36.9 Å². The molecule has 1 aliphatic heterocycles. The van der Waals surface area contributed by atoms with Crippen molar-refractivity contribution in [1.82, 2.24) is 19.7 Å². The molecule has 224 valence electrons. The zero-order valence-electron chi connectivity index (χ0n) is 22.5. The molecule has 0 saturated carbocycles. The highest BCUT2D eigenvalue weighted by atomic mass is 35.5. The third-order valence-electron chi connectivity index (χ3n) is 6.30. The third-order valence-corrected chi connectivity index (χ3v) is 7.97. The monoisotopic (exact) mass is 628 g/mol. The average molecular weight is 629 g/mol. The number of aliphatic hydroxyl groups is 1. The van der Waals surface area contributed by atoms with Crippen LogP contribution in [0.15, 0.2) is 101 Å². The topological polar surface area (TPSA) is 142 Å². The second-order valence-electron chi connectivity index (χ2n) is 9.47. The number of carbonyl (C=O) groups is 1. The predicted molar refractivity (Wildman–Crippen MR) is 151 cm³/mol. The zero-order chi connectivity index (χ0) is 30.4. The molecule has 2 heterocycles. The lowest BCUT2D eigenvalue weighted by atomic mass is 10.1. The van der Waals surface area contributed by atoms with Gasteiger partial charge in [-0.05, 0) is 29.3 Å². The lowest BCUT2D eigenvalue weighted by Gasteiger charge is -2.20. The normalized spacial score (nSPS) is 15.8. The van der Waals surface area contributed by atoms with Gasteiger partial charge in [0.1, 0.15) is 30.0 Å². The Bertz CT molecular complexity index is 1720. The smallest absolute Gasteiger partial charge is 0.378 e. The maximum atomic E-state index is 14.1. The minimum absolute atomic E-state index is 0.0374. The summed E-state index contributed by atoms with van der Waals surface area (Å²) in [5.74, 6) is -1.89. The van der Waals surface area contributed by atoms with Gasteiger partial charge in [-0.2, -0.15) is 0 Å². The Labute approximate surface area is 251 Å². The van der Waals surface area contributed by atoms with Crippen molar-refractivity contribution in [3.8, 4) is 0 Å². The van der Waals surface area contributed by atoms with Crippen LogP contribution in [0.25, 0.3) is 0 Å². The maximum absolute atomic E-state index is 14.1. The minimum atomic E-state index is -4.21. The zero-order valence-corrected chi connectivity index (χ0v) is 24.0.